The highest BCUT2D eigenvalue weighted by Crippen LogP contribution is 2.17. The maximum atomic E-state index is 11.1. The predicted octanol–water partition coefficient (Wildman–Crippen LogP) is 1.02. The van der Waals surface area contributed by atoms with Crippen LogP contribution in [-0.4, -0.2) is 24.0 Å². The number of aromatic nitrogens is 1. The van der Waals surface area contributed by atoms with Gasteiger partial charge in [-0.05, 0) is 6.92 Å². The van der Waals surface area contributed by atoms with E-state index in [9.17, 15) is 4.79 Å². The molecule has 1 amide bonds. The summed E-state index contributed by atoms with van der Waals surface area (Å²) in [5, 5.41) is 6.48. The zero-order chi connectivity index (χ0) is 10.6. The molecule has 0 aliphatic rings. The molecule has 2 N–H and O–H groups in total. The third-order valence-electron chi connectivity index (χ3n) is 1.72. The van der Waals surface area contributed by atoms with E-state index in [0.29, 0.717) is 10.9 Å². The van der Waals surface area contributed by atoms with E-state index >= 15 is 0 Å². The molecule has 1 aromatic heterocycles. The van der Waals surface area contributed by atoms with Crippen LogP contribution in [0.5, 0.6) is 0 Å². The van der Waals surface area contributed by atoms with E-state index in [2.05, 4.69) is 15.6 Å². The number of likely N-dealkylation sites (N-methyl/N-ethyl adjacent to an activating group) is 1. The second-order valence-electron chi connectivity index (χ2n) is 2.77. The molecule has 0 saturated carbocycles. The average molecular weight is 234 g/mol. The monoisotopic (exact) mass is 233 g/mol. The Bertz CT molecular complexity index is 315. The van der Waals surface area contributed by atoms with Crippen molar-refractivity contribution in [1.29, 1.82) is 0 Å². The Hall–Kier alpha value is -0.650. The second kappa shape index (κ2) is 5.29. The van der Waals surface area contributed by atoms with Gasteiger partial charge in [-0.1, -0.05) is 11.6 Å². The number of hydrogen-bond donors (Lipinski definition) is 2. The maximum absolute atomic E-state index is 11.1. The van der Waals surface area contributed by atoms with Crippen LogP contribution in [0.25, 0.3) is 0 Å². The summed E-state index contributed by atoms with van der Waals surface area (Å²) < 4.78 is 0.661. The van der Waals surface area contributed by atoms with Crippen molar-refractivity contribution in [2.24, 2.45) is 0 Å². The van der Waals surface area contributed by atoms with E-state index in [4.69, 9.17) is 11.6 Å². The minimum atomic E-state index is -0.220. The average Bonchev–Trinajstić information content (AvgIpc) is 2.59. The molecule has 0 aromatic carbocycles. The van der Waals surface area contributed by atoms with Crippen LogP contribution in [0.4, 0.5) is 0 Å². The number of thiazole rings is 1. The zero-order valence-electron chi connectivity index (χ0n) is 8.00. The van der Waals surface area contributed by atoms with Gasteiger partial charge in [-0.3, -0.25) is 10.1 Å². The number of nitrogens with zero attached hydrogens (tertiary/aromatic N) is 1. The van der Waals surface area contributed by atoms with Gasteiger partial charge in [0.15, 0.2) is 0 Å². The Balaban J connectivity index is 2.37. The van der Waals surface area contributed by atoms with Crippen molar-refractivity contribution in [1.82, 2.24) is 15.6 Å². The van der Waals surface area contributed by atoms with Gasteiger partial charge < -0.3 is 5.32 Å². The molecule has 1 atom stereocenters. The SMILES string of the molecule is CNC(=O)C(C)NCc1ncc(Cl)s1. The third kappa shape index (κ3) is 3.25. The van der Waals surface area contributed by atoms with Crippen molar-refractivity contribution in [2.75, 3.05) is 7.05 Å². The smallest absolute Gasteiger partial charge is 0.236 e. The first kappa shape index (κ1) is 11.4. The number of carbonyl (C=O) groups is 1. The van der Waals surface area contributed by atoms with Crippen LogP contribution in [0.15, 0.2) is 6.20 Å². The highest BCUT2D eigenvalue weighted by molar-refractivity contribution is 7.15. The molecule has 0 bridgehead atoms. The highest BCUT2D eigenvalue weighted by Gasteiger charge is 2.10. The first-order chi connectivity index (χ1) is 6.63. The number of rotatable bonds is 4. The third-order valence-corrected chi connectivity index (χ3v) is 2.84. The summed E-state index contributed by atoms with van der Waals surface area (Å²) in [5.74, 6) is -0.0346. The summed E-state index contributed by atoms with van der Waals surface area (Å²) in [6.45, 7) is 2.36. The van der Waals surface area contributed by atoms with Crippen molar-refractivity contribution < 1.29 is 4.79 Å². The summed E-state index contributed by atoms with van der Waals surface area (Å²) in [6.07, 6.45) is 1.60. The lowest BCUT2D eigenvalue weighted by Crippen LogP contribution is -2.40. The molecule has 14 heavy (non-hydrogen) atoms. The van der Waals surface area contributed by atoms with Crippen molar-refractivity contribution in [3.8, 4) is 0 Å². The largest absolute Gasteiger partial charge is 0.358 e. The van der Waals surface area contributed by atoms with Crippen LogP contribution >= 0.6 is 22.9 Å². The van der Waals surface area contributed by atoms with Gasteiger partial charge >= 0.3 is 0 Å². The molecule has 1 aromatic rings. The van der Waals surface area contributed by atoms with Gasteiger partial charge in [0.25, 0.3) is 0 Å². The molecule has 1 rings (SSSR count). The Kier molecular flexibility index (Phi) is 4.31. The summed E-state index contributed by atoms with van der Waals surface area (Å²) in [4.78, 5) is 15.2. The van der Waals surface area contributed by atoms with E-state index in [-0.39, 0.29) is 11.9 Å². The number of halogens is 1. The molecule has 0 spiro atoms. The summed E-state index contributed by atoms with van der Waals surface area (Å²) in [7, 11) is 1.61. The highest BCUT2D eigenvalue weighted by atomic mass is 35.5. The fourth-order valence-electron chi connectivity index (χ4n) is 0.919. The lowest BCUT2D eigenvalue weighted by Gasteiger charge is -2.10. The van der Waals surface area contributed by atoms with Crippen LogP contribution in [-0.2, 0) is 11.3 Å². The van der Waals surface area contributed by atoms with Gasteiger partial charge in [0.05, 0.1) is 12.2 Å². The van der Waals surface area contributed by atoms with Crippen LogP contribution in [0, 0.1) is 0 Å². The molecule has 78 valence electrons. The van der Waals surface area contributed by atoms with Gasteiger partial charge in [-0.15, -0.1) is 11.3 Å². The standard InChI is InChI=1S/C8H12ClN3OS/c1-5(8(13)10-2)11-4-7-12-3-6(9)14-7/h3,5,11H,4H2,1-2H3,(H,10,13). The van der Waals surface area contributed by atoms with Crippen LogP contribution < -0.4 is 10.6 Å². The Morgan fingerprint density at radius 2 is 2.50 bits per heavy atom. The van der Waals surface area contributed by atoms with E-state index < -0.39 is 0 Å². The van der Waals surface area contributed by atoms with Crippen LogP contribution in [0.1, 0.15) is 11.9 Å². The minimum Gasteiger partial charge on any atom is -0.358 e. The fraction of sp³-hybridized carbons (Fsp3) is 0.500. The Morgan fingerprint density at radius 3 is 3.00 bits per heavy atom. The van der Waals surface area contributed by atoms with E-state index in [1.807, 2.05) is 0 Å². The maximum Gasteiger partial charge on any atom is 0.236 e. The summed E-state index contributed by atoms with van der Waals surface area (Å²) >= 11 is 7.12. The molecule has 1 heterocycles. The Morgan fingerprint density at radius 1 is 1.79 bits per heavy atom. The van der Waals surface area contributed by atoms with E-state index in [0.717, 1.165) is 5.01 Å². The van der Waals surface area contributed by atoms with Crippen molar-refractivity contribution in [2.45, 2.75) is 19.5 Å². The Labute approximate surface area is 91.7 Å². The van der Waals surface area contributed by atoms with Gasteiger partial charge in [0.2, 0.25) is 5.91 Å². The summed E-state index contributed by atoms with van der Waals surface area (Å²) in [6, 6.07) is -0.220. The second-order valence-corrected chi connectivity index (χ2v) is 4.52. The van der Waals surface area contributed by atoms with Gasteiger partial charge in [0, 0.05) is 13.6 Å². The first-order valence-electron chi connectivity index (χ1n) is 4.18. The number of carbonyl (C=O) groups excluding carboxylic acids is 1. The lowest BCUT2D eigenvalue weighted by molar-refractivity contribution is -0.122. The summed E-state index contributed by atoms with van der Waals surface area (Å²) in [5.41, 5.74) is 0. The van der Waals surface area contributed by atoms with Crippen LogP contribution in [0.3, 0.4) is 0 Å². The lowest BCUT2D eigenvalue weighted by atomic mass is 10.3. The molecule has 0 saturated heterocycles. The van der Waals surface area contributed by atoms with E-state index in [1.54, 1.807) is 20.2 Å². The van der Waals surface area contributed by atoms with Crippen molar-refractivity contribution in [3.05, 3.63) is 15.5 Å². The molecular weight excluding hydrogens is 222 g/mol. The number of amides is 1. The van der Waals surface area contributed by atoms with Crippen molar-refractivity contribution >= 4 is 28.8 Å². The molecule has 4 nitrogen and oxygen atoms in total. The fourth-order valence-corrected chi connectivity index (χ4v) is 1.83. The van der Waals surface area contributed by atoms with Gasteiger partial charge in [-0.2, -0.15) is 0 Å². The molecule has 0 aliphatic carbocycles. The van der Waals surface area contributed by atoms with Crippen LogP contribution in [0.2, 0.25) is 4.34 Å². The molecule has 0 aliphatic heterocycles. The molecule has 6 heteroatoms. The van der Waals surface area contributed by atoms with Gasteiger partial charge in [-0.25, -0.2) is 4.98 Å². The quantitative estimate of drug-likeness (QED) is 0.817. The normalized spacial score (nSPS) is 12.5. The minimum absolute atomic E-state index is 0.0346. The molecule has 1 unspecified atom stereocenters. The zero-order valence-corrected chi connectivity index (χ0v) is 9.58. The number of hydrogen-bond acceptors (Lipinski definition) is 4. The van der Waals surface area contributed by atoms with Gasteiger partial charge in [0.1, 0.15) is 9.34 Å². The molecule has 0 fully saturated rings. The van der Waals surface area contributed by atoms with Crippen molar-refractivity contribution in [3.63, 3.8) is 0 Å². The molecular formula is C8H12ClN3OS. The molecule has 0 radical (unpaired) electrons. The first-order valence-corrected chi connectivity index (χ1v) is 5.38. The van der Waals surface area contributed by atoms with E-state index in [1.165, 1.54) is 11.3 Å². The number of nitrogens with one attached hydrogen (secondary N) is 2. The predicted molar refractivity (Wildman–Crippen MR) is 57.5 cm³/mol. The topological polar surface area (TPSA) is 54.0 Å².